The molecular formula is C15H13F2N3O. The van der Waals surface area contributed by atoms with Crippen molar-refractivity contribution in [3.63, 3.8) is 0 Å². The second kappa shape index (κ2) is 5.47. The van der Waals surface area contributed by atoms with Gasteiger partial charge in [-0.1, -0.05) is 18.2 Å². The van der Waals surface area contributed by atoms with Crippen LogP contribution in [0.2, 0.25) is 0 Å². The maximum Gasteiger partial charge on any atom is 0.319 e. The Kier molecular flexibility index (Phi) is 3.51. The summed E-state index contributed by atoms with van der Waals surface area (Å²) in [4.78, 5) is 15.4. The van der Waals surface area contributed by atoms with Crippen LogP contribution in [0.3, 0.4) is 0 Å². The molecule has 1 aliphatic rings. The minimum Gasteiger partial charge on any atom is -0.334 e. The number of aromatic nitrogens is 1. The molecule has 0 unspecified atom stereocenters. The van der Waals surface area contributed by atoms with Crippen LogP contribution in [0.1, 0.15) is 17.9 Å². The highest BCUT2D eigenvalue weighted by Gasteiger charge is 2.41. The SMILES string of the molecule is O=C(Nc1ccncc1F)N[C@@H]1C[C@H]1c1ccccc1F. The maximum atomic E-state index is 13.6. The van der Waals surface area contributed by atoms with E-state index in [1.165, 1.54) is 18.3 Å². The third kappa shape index (κ3) is 2.99. The highest BCUT2D eigenvalue weighted by molar-refractivity contribution is 5.89. The standard InChI is InChI=1S/C15H13F2N3O/c16-11-4-2-1-3-9(11)10-7-14(10)20-15(21)19-13-5-6-18-8-12(13)17/h1-6,8,10,14H,7H2,(H2,18,19,20,21)/t10-,14+/m0/s1. The summed E-state index contributed by atoms with van der Waals surface area (Å²) >= 11 is 0. The zero-order valence-electron chi connectivity index (χ0n) is 11.0. The Hall–Kier alpha value is -2.50. The summed E-state index contributed by atoms with van der Waals surface area (Å²) in [6, 6.07) is 7.23. The van der Waals surface area contributed by atoms with Crippen LogP contribution in [0.4, 0.5) is 19.3 Å². The average Bonchev–Trinajstić information content (AvgIpc) is 3.21. The lowest BCUT2D eigenvalue weighted by atomic mass is 10.1. The molecule has 2 amide bonds. The van der Waals surface area contributed by atoms with E-state index in [-0.39, 0.29) is 23.5 Å². The molecule has 1 heterocycles. The van der Waals surface area contributed by atoms with Crippen molar-refractivity contribution in [3.8, 4) is 0 Å². The number of nitrogens with zero attached hydrogens (tertiary/aromatic N) is 1. The highest BCUT2D eigenvalue weighted by atomic mass is 19.1. The Balaban J connectivity index is 1.58. The van der Waals surface area contributed by atoms with E-state index in [9.17, 15) is 13.6 Å². The highest BCUT2D eigenvalue weighted by Crippen LogP contribution is 2.41. The van der Waals surface area contributed by atoms with E-state index in [2.05, 4.69) is 15.6 Å². The molecule has 4 nitrogen and oxygen atoms in total. The largest absolute Gasteiger partial charge is 0.334 e. The van der Waals surface area contributed by atoms with Crippen molar-refractivity contribution < 1.29 is 13.6 Å². The van der Waals surface area contributed by atoms with Gasteiger partial charge in [0.2, 0.25) is 0 Å². The van der Waals surface area contributed by atoms with Gasteiger partial charge in [-0.2, -0.15) is 0 Å². The molecule has 1 aliphatic carbocycles. The van der Waals surface area contributed by atoms with Crippen LogP contribution in [0.25, 0.3) is 0 Å². The second-order valence-electron chi connectivity index (χ2n) is 4.92. The van der Waals surface area contributed by atoms with Crippen LogP contribution >= 0.6 is 0 Å². The summed E-state index contributed by atoms with van der Waals surface area (Å²) in [5.74, 6) is -0.902. The molecule has 0 radical (unpaired) electrons. The van der Waals surface area contributed by atoms with Crippen molar-refractivity contribution in [2.75, 3.05) is 5.32 Å². The number of hydrogen-bond acceptors (Lipinski definition) is 2. The Morgan fingerprint density at radius 2 is 2.00 bits per heavy atom. The lowest BCUT2D eigenvalue weighted by Crippen LogP contribution is -2.31. The Labute approximate surface area is 120 Å². The third-order valence-electron chi connectivity index (χ3n) is 3.43. The van der Waals surface area contributed by atoms with Crippen LogP contribution in [0.5, 0.6) is 0 Å². The molecule has 6 heteroatoms. The van der Waals surface area contributed by atoms with Crippen LogP contribution < -0.4 is 10.6 Å². The summed E-state index contributed by atoms with van der Waals surface area (Å²) in [7, 11) is 0. The topological polar surface area (TPSA) is 54.0 Å². The fourth-order valence-corrected chi connectivity index (χ4v) is 2.28. The van der Waals surface area contributed by atoms with Crippen LogP contribution in [0.15, 0.2) is 42.7 Å². The lowest BCUT2D eigenvalue weighted by molar-refractivity contribution is 0.251. The number of halogens is 2. The molecule has 0 bridgehead atoms. The normalized spacial score (nSPS) is 19.9. The minimum atomic E-state index is -0.603. The molecule has 2 aromatic rings. The first-order chi connectivity index (χ1) is 10.1. The van der Waals surface area contributed by atoms with Crippen molar-refractivity contribution in [2.24, 2.45) is 0 Å². The van der Waals surface area contributed by atoms with Gasteiger partial charge < -0.3 is 10.6 Å². The summed E-state index contributed by atoms with van der Waals surface area (Å²) in [6.45, 7) is 0. The molecule has 2 N–H and O–H groups in total. The van der Waals surface area contributed by atoms with Crippen molar-refractivity contribution in [2.45, 2.75) is 18.4 Å². The van der Waals surface area contributed by atoms with E-state index in [4.69, 9.17) is 0 Å². The molecule has 1 fully saturated rings. The molecular weight excluding hydrogens is 276 g/mol. The lowest BCUT2D eigenvalue weighted by Gasteiger charge is -2.08. The number of hydrogen-bond donors (Lipinski definition) is 2. The molecule has 108 valence electrons. The molecule has 1 aromatic carbocycles. The van der Waals surface area contributed by atoms with Gasteiger partial charge in [0.05, 0.1) is 11.9 Å². The second-order valence-corrected chi connectivity index (χ2v) is 4.92. The van der Waals surface area contributed by atoms with Gasteiger partial charge in [-0.25, -0.2) is 13.6 Å². The Morgan fingerprint density at radius 3 is 2.76 bits per heavy atom. The number of amides is 2. The summed E-state index contributed by atoms with van der Waals surface area (Å²) in [6.07, 6.45) is 3.08. The van der Waals surface area contributed by atoms with E-state index in [0.29, 0.717) is 12.0 Å². The number of pyridine rings is 1. The summed E-state index contributed by atoms with van der Waals surface area (Å²) in [5.41, 5.74) is 0.656. The number of carbonyl (C=O) groups excluding carboxylic acids is 1. The van der Waals surface area contributed by atoms with E-state index in [1.54, 1.807) is 18.2 Å². The van der Waals surface area contributed by atoms with Gasteiger partial charge in [0.1, 0.15) is 5.82 Å². The van der Waals surface area contributed by atoms with Gasteiger partial charge in [0.15, 0.2) is 5.82 Å². The van der Waals surface area contributed by atoms with Gasteiger partial charge in [0, 0.05) is 18.2 Å². The molecule has 1 saturated carbocycles. The number of nitrogens with one attached hydrogen (secondary N) is 2. The zero-order valence-corrected chi connectivity index (χ0v) is 11.0. The van der Waals surface area contributed by atoms with Crippen LogP contribution in [-0.2, 0) is 0 Å². The number of anilines is 1. The van der Waals surface area contributed by atoms with Crippen molar-refractivity contribution in [3.05, 3.63) is 59.9 Å². The van der Waals surface area contributed by atoms with Crippen LogP contribution in [-0.4, -0.2) is 17.1 Å². The number of urea groups is 1. The molecule has 0 spiro atoms. The third-order valence-corrected chi connectivity index (χ3v) is 3.43. The van der Waals surface area contributed by atoms with Crippen LogP contribution in [0, 0.1) is 11.6 Å². The fourth-order valence-electron chi connectivity index (χ4n) is 2.28. The molecule has 0 aliphatic heterocycles. The zero-order chi connectivity index (χ0) is 14.8. The predicted octanol–water partition coefficient (Wildman–Crippen LogP) is 3.04. The summed E-state index contributed by atoms with van der Waals surface area (Å²) in [5, 5.41) is 5.11. The van der Waals surface area contributed by atoms with E-state index >= 15 is 0 Å². The van der Waals surface area contributed by atoms with Crippen molar-refractivity contribution >= 4 is 11.7 Å². The number of rotatable bonds is 3. The van der Waals surface area contributed by atoms with Gasteiger partial charge in [-0.3, -0.25) is 4.98 Å². The molecule has 2 atom stereocenters. The van der Waals surface area contributed by atoms with Crippen molar-refractivity contribution in [1.29, 1.82) is 0 Å². The first kappa shape index (κ1) is 13.5. The Morgan fingerprint density at radius 1 is 1.19 bits per heavy atom. The average molecular weight is 289 g/mol. The molecule has 21 heavy (non-hydrogen) atoms. The van der Waals surface area contributed by atoms with Gasteiger partial charge in [-0.05, 0) is 24.1 Å². The van der Waals surface area contributed by atoms with E-state index in [1.807, 2.05) is 0 Å². The van der Waals surface area contributed by atoms with Gasteiger partial charge in [0.25, 0.3) is 0 Å². The first-order valence-corrected chi connectivity index (χ1v) is 6.56. The summed E-state index contributed by atoms with van der Waals surface area (Å²) < 4.78 is 26.9. The quantitative estimate of drug-likeness (QED) is 0.912. The first-order valence-electron chi connectivity index (χ1n) is 6.56. The molecule has 1 aromatic heterocycles. The van der Waals surface area contributed by atoms with Gasteiger partial charge in [-0.15, -0.1) is 0 Å². The maximum absolute atomic E-state index is 13.6. The fraction of sp³-hybridized carbons (Fsp3) is 0.200. The van der Waals surface area contributed by atoms with E-state index in [0.717, 1.165) is 6.20 Å². The van der Waals surface area contributed by atoms with Gasteiger partial charge >= 0.3 is 6.03 Å². The molecule has 0 saturated heterocycles. The smallest absolute Gasteiger partial charge is 0.319 e. The predicted molar refractivity (Wildman–Crippen MR) is 73.9 cm³/mol. The number of carbonyl (C=O) groups is 1. The number of benzene rings is 1. The minimum absolute atomic E-state index is 0.0285. The Bertz CT molecular complexity index is 677. The van der Waals surface area contributed by atoms with E-state index < -0.39 is 11.8 Å². The molecule has 3 rings (SSSR count). The monoisotopic (exact) mass is 289 g/mol. The van der Waals surface area contributed by atoms with Crippen molar-refractivity contribution in [1.82, 2.24) is 10.3 Å².